The molecule has 35 heavy (non-hydrogen) atoms. The number of hydrogen-bond acceptors (Lipinski definition) is 2. The Hall–Kier alpha value is 0.440. The number of benzene rings is 1. The second-order valence-corrected chi connectivity index (χ2v) is 16.8. The molecule has 9 aliphatic rings. The van der Waals surface area contributed by atoms with Crippen LogP contribution in [0.4, 0.5) is 5.69 Å². The molecule has 9 fully saturated rings. The van der Waals surface area contributed by atoms with Crippen molar-refractivity contribution in [1.29, 1.82) is 0 Å². The van der Waals surface area contributed by atoms with Gasteiger partial charge in [-0.3, -0.25) is 0 Å². The molecule has 1 aromatic carbocycles. The molecule has 8 bridgehead atoms. The van der Waals surface area contributed by atoms with E-state index in [1.807, 2.05) is 5.30 Å². The van der Waals surface area contributed by atoms with Crippen molar-refractivity contribution in [3.8, 4) is 0 Å². The Morgan fingerprint density at radius 2 is 1.09 bits per heavy atom. The van der Waals surface area contributed by atoms with Crippen LogP contribution in [0.15, 0.2) is 24.3 Å². The molecule has 1 aliphatic heterocycles. The van der Waals surface area contributed by atoms with Gasteiger partial charge in [0.1, 0.15) is 0 Å². The Labute approximate surface area is 230 Å². The van der Waals surface area contributed by atoms with Crippen molar-refractivity contribution in [3.05, 3.63) is 24.3 Å². The van der Waals surface area contributed by atoms with Gasteiger partial charge in [0.2, 0.25) is 0 Å². The zero-order valence-electron chi connectivity index (χ0n) is 21.1. The second-order valence-electron chi connectivity index (χ2n) is 13.7. The summed E-state index contributed by atoms with van der Waals surface area (Å²) in [6, 6.07) is 9.90. The van der Waals surface area contributed by atoms with Crippen LogP contribution in [0.3, 0.4) is 0 Å². The van der Waals surface area contributed by atoms with E-state index in [1.165, 1.54) is 0 Å². The van der Waals surface area contributed by atoms with Gasteiger partial charge in [0, 0.05) is 24.1 Å². The fourth-order valence-electron chi connectivity index (χ4n) is 11.4. The number of ether oxygens (including phenoxy) is 1. The van der Waals surface area contributed by atoms with Crippen LogP contribution in [0, 0.1) is 35.5 Å². The maximum absolute atomic E-state index is 5.79. The van der Waals surface area contributed by atoms with Gasteiger partial charge in [-0.1, -0.05) is 26.1 Å². The summed E-state index contributed by atoms with van der Waals surface area (Å²) in [5.41, 5.74) is 1.62. The molecule has 196 valence electrons. The number of morpholine rings is 1. The van der Waals surface area contributed by atoms with E-state index in [4.69, 9.17) is 4.74 Å². The zero-order chi connectivity index (χ0) is 23.6. The van der Waals surface area contributed by atoms with Gasteiger partial charge in [-0.15, -0.1) is 0 Å². The minimum Gasteiger partial charge on any atom is -0.378 e. The third-order valence-corrected chi connectivity index (χ3v) is 15.3. The summed E-state index contributed by atoms with van der Waals surface area (Å²) in [4.78, 5) is 2.72. The molecular weight excluding hydrogens is 654 g/mol. The van der Waals surface area contributed by atoms with E-state index >= 15 is 0 Å². The van der Waals surface area contributed by atoms with Gasteiger partial charge in [0.05, 0.1) is 13.2 Å². The molecule has 2 nitrogen and oxygen atoms in total. The quantitative estimate of drug-likeness (QED) is 0.243. The molecule has 0 radical (unpaired) electrons. The third-order valence-electron chi connectivity index (χ3n) is 11.4. The van der Waals surface area contributed by atoms with E-state index in [0.717, 1.165) is 61.8 Å². The molecule has 1 heterocycles. The first-order valence-electron chi connectivity index (χ1n) is 14.5. The summed E-state index contributed by atoms with van der Waals surface area (Å²) in [5.74, 6) is 6.37. The first-order valence-corrected chi connectivity index (χ1v) is 18.5. The average Bonchev–Trinajstić information content (AvgIpc) is 2.84. The van der Waals surface area contributed by atoms with Crippen LogP contribution in [0.1, 0.15) is 77.0 Å². The summed E-state index contributed by atoms with van der Waals surface area (Å²) >= 11 is 1.75. The van der Waals surface area contributed by atoms with Gasteiger partial charge in [0.15, 0.2) is 0 Å². The van der Waals surface area contributed by atoms with Crippen molar-refractivity contribution >= 4 is 28.1 Å². The molecular formula is C30H42AuClNOP. The van der Waals surface area contributed by atoms with Gasteiger partial charge < -0.3 is 9.64 Å². The van der Waals surface area contributed by atoms with Crippen molar-refractivity contribution in [1.82, 2.24) is 0 Å². The minimum absolute atomic E-state index is 0.132. The molecule has 0 aromatic heterocycles. The van der Waals surface area contributed by atoms with E-state index in [-0.39, 0.29) is 7.92 Å². The Bertz CT molecular complexity index is 818. The van der Waals surface area contributed by atoms with Gasteiger partial charge in [-0.2, -0.15) is 0 Å². The summed E-state index contributed by atoms with van der Waals surface area (Å²) in [7, 11) is 4.45. The van der Waals surface area contributed by atoms with Gasteiger partial charge in [-0.25, -0.2) is 0 Å². The number of rotatable bonds is 4. The summed E-state index contributed by atoms with van der Waals surface area (Å²) in [5, 5.41) is 3.18. The van der Waals surface area contributed by atoms with E-state index in [0.29, 0.717) is 10.3 Å². The molecule has 0 atom stereocenters. The van der Waals surface area contributed by atoms with E-state index in [9.17, 15) is 0 Å². The van der Waals surface area contributed by atoms with E-state index in [1.54, 1.807) is 103 Å². The van der Waals surface area contributed by atoms with Crippen molar-refractivity contribution in [3.63, 3.8) is 0 Å². The summed E-state index contributed by atoms with van der Waals surface area (Å²) < 4.78 is 5.79. The molecule has 5 heteroatoms. The SMILES string of the molecule is [Cl][Au].c1ccc(P(C23CC4CC(CC(C4)C2)C3)C23CC4CC(CC(C4)C2)C3)c(N2CCOCC2)c1. The summed E-state index contributed by atoms with van der Waals surface area (Å²) in [6.07, 6.45) is 19.0. The van der Waals surface area contributed by atoms with Crippen LogP contribution in [-0.4, -0.2) is 36.6 Å². The van der Waals surface area contributed by atoms with Crippen LogP contribution in [0.2, 0.25) is 0 Å². The number of hydrogen-bond donors (Lipinski definition) is 0. The molecule has 0 N–H and O–H groups in total. The zero-order valence-corrected chi connectivity index (χ0v) is 24.9. The molecule has 0 unspecified atom stereocenters. The van der Waals surface area contributed by atoms with E-state index in [2.05, 4.69) is 38.4 Å². The Kier molecular flexibility index (Phi) is 6.69. The smallest absolute Gasteiger partial charge is 0.0642 e. The molecule has 0 spiro atoms. The normalized spacial score (nSPS) is 45.9. The first kappa shape index (κ1) is 24.5. The Morgan fingerprint density at radius 3 is 1.51 bits per heavy atom. The molecule has 8 aliphatic carbocycles. The fourth-order valence-corrected chi connectivity index (χ4v) is 16.8. The predicted octanol–water partition coefficient (Wildman–Crippen LogP) is 7.26. The Morgan fingerprint density at radius 1 is 0.686 bits per heavy atom. The largest absolute Gasteiger partial charge is 0.378 e. The predicted molar refractivity (Wildman–Crippen MR) is 144 cm³/mol. The molecule has 1 saturated heterocycles. The monoisotopic (exact) mass is 695 g/mol. The average molecular weight is 696 g/mol. The molecule has 8 saturated carbocycles. The first-order chi connectivity index (χ1) is 17.2. The fraction of sp³-hybridized carbons (Fsp3) is 0.800. The van der Waals surface area contributed by atoms with Crippen molar-refractivity contribution < 1.29 is 24.7 Å². The molecule has 0 amide bonds. The second kappa shape index (κ2) is 9.57. The van der Waals surface area contributed by atoms with Gasteiger partial charge >= 0.3 is 29.2 Å². The topological polar surface area (TPSA) is 12.5 Å². The number of para-hydroxylation sites is 1. The van der Waals surface area contributed by atoms with Crippen LogP contribution in [0.5, 0.6) is 0 Å². The van der Waals surface area contributed by atoms with Crippen molar-refractivity contribution in [2.75, 3.05) is 31.2 Å². The Balaban J connectivity index is 0.00000103. The van der Waals surface area contributed by atoms with Crippen LogP contribution < -0.4 is 10.2 Å². The number of anilines is 1. The molecule has 10 rings (SSSR count). The van der Waals surface area contributed by atoms with Gasteiger partial charge in [-0.05, 0) is 129 Å². The maximum atomic E-state index is 5.79. The number of halogens is 1. The van der Waals surface area contributed by atoms with Crippen LogP contribution in [-0.2, 0) is 24.7 Å². The van der Waals surface area contributed by atoms with Crippen LogP contribution in [0.25, 0.3) is 0 Å². The van der Waals surface area contributed by atoms with Crippen molar-refractivity contribution in [2.45, 2.75) is 87.4 Å². The van der Waals surface area contributed by atoms with Crippen LogP contribution >= 0.6 is 17.1 Å². The van der Waals surface area contributed by atoms with Gasteiger partial charge in [0.25, 0.3) is 0 Å². The number of nitrogens with zero attached hydrogens (tertiary/aromatic N) is 1. The van der Waals surface area contributed by atoms with E-state index < -0.39 is 0 Å². The maximum Gasteiger partial charge on any atom is 0.0642 e. The summed E-state index contributed by atoms with van der Waals surface area (Å²) in [6.45, 7) is 3.98. The molecule has 1 aromatic rings. The standard InChI is InChI=1S/C30H42NOP.Au.ClH/c1-2-4-28(27(3-1)31-5-7-32-8-6-31)33(29-15-21-9-22(16-29)11-23(10-21)17-29)30-18-24-12-25(19-30)14-26(13-24)20-30;;/h1-4,21-26H,5-20H2;;1H/q;+1;/p-1. The minimum atomic E-state index is -0.132. The van der Waals surface area contributed by atoms with Crippen molar-refractivity contribution in [2.24, 2.45) is 35.5 Å². The third kappa shape index (κ3) is 4.15.